The Morgan fingerprint density at radius 1 is 1.10 bits per heavy atom. The minimum Gasteiger partial charge on any atom is -0.326 e. The Morgan fingerprint density at radius 3 is 2.71 bits per heavy atom. The zero-order chi connectivity index (χ0) is 14.5. The lowest BCUT2D eigenvalue weighted by Crippen LogP contribution is -2.28. The predicted octanol–water partition coefficient (Wildman–Crippen LogP) is 3.56. The highest BCUT2D eigenvalue weighted by molar-refractivity contribution is 6.02. The van der Waals surface area contributed by atoms with E-state index < -0.39 is 0 Å². The van der Waals surface area contributed by atoms with E-state index in [0.717, 1.165) is 36.0 Å². The molecule has 3 rings (SSSR count). The lowest BCUT2D eigenvalue weighted by Gasteiger charge is -2.22. The zero-order valence-corrected chi connectivity index (χ0v) is 12.3. The average Bonchev–Trinajstić information content (AvgIpc) is 2.54. The van der Waals surface area contributed by atoms with Crippen molar-refractivity contribution in [2.75, 3.05) is 18.4 Å². The number of anilines is 1. The highest BCUT2D eigenvalue weighted by atomic mass is 16.1. The quantitative estimate of drug-likeness (QED) is 0.900. The number of carbonyl (C=O) groups is 1. The molecule has 0 aliphatic carbocycles. The summed E-state index contributed by atoms with van der Waals surface area (Å²) in [6.07, 6.45) is 4.01. The molecule has 0 aromatic heterocycles. The fourth-order valence-corrected chi connectivity index (χ4v) is 3.05. The van der Waals surface area contributed by atoms with Crippen LogP contribution in [-0.2, 0) is 4.79 Å². The molecule has 1 aliphatic heterocycles. The second-order valence-electron chi connectivity index (χ2n) is 5.81. The van der Waals surface area contributed by atoms with Gasteiger partial charge in [-0.05, 0) is 49.7 Å². The maximum absolute atomic E-state index is 12.2. The molecule has 0 bridgehead atoms. The van der Waals surface area contributed by atoms with E-state index in [-0.39, 0.29) is 5.91 Å². The highest BCUT2D eigenvalue weighted by Crippen LogP contribution is 2.24. The number of fused-ring (bicyclic) bond motifs is 1. The van der Waals surface area contributed by atoms with Crippen LogP contribution in [0.2, 0.25) is 0 Å². The first kappa shape index (κ1) is 14.1. The molecule has 0 saturated carbocycles. The maximum Gasteiger partial charge on any atom is 0.224 e. The third-order valence-electron chi connectivity index (χ3n) is 4.30. The third-order valence-corrected chi connectivity index (χ3v) is 4.30. The summed E-state index contributed by atoms with van der Waals surface area (Å²) in [6.45, 7) is 2.19. The molecule has 2 aromatic carbocycles. The van der Waals surface area contributed by atoms with E-state index in [1.165, 1.54) is 12.8 Å². The van der Waals surface area contributed by atoms with Gasteiger partial charge in [-0.1, -0.05) is 36.4 Å². The molecule has 1 heterocycles. The molecule has 1 amide bonds. The van der Waals surface area contributed by atoms with Gasteiger partial charge < -0.3 is 10.6 Å². The van der Waals surface area contributed by atoms with Crippen molar-refractivity contribution in [2.24, 2.45) is 5.92 Å². The third kappa shape index (κ3) is 3.61. The number of carbonyl (C=O) groups excluding carboxylic acids is 1. The van der Waals surface area contributed by atoms with Crippen LogP contribution in [0, 0.1) is 5.92 Å². The molecule has 2 N–H and O–H groups in total. The molecule has 3 nitrogen and oxygen atoms in total. The van der Waals surface area contributed by atoms with Crippen molar-refractivity contribution < 1.29 is 4.79 Å². The van der Waals surface area contributed by atoms with Crippen LogP contribution in [0.4, 0.5) is 5.69 Å². The van der Waals surface area contributed by atoms with Crippen LogP contribution in [0.15, 0.2) is 42.5 Å². The van der Waals surface area contributed by atoms with Gasteiger partial charge in [-0.25, -0.2) is 0 Å². The monoisotopic (exact) mass is 282 g/mol. The maximum atomic E-state index is 12.2. The summed E-state index contributed by atoms with van der Waals surface area (Å²) in [5.74, 6) is 0.828. The molecule has 21 heavy (non-hydrogen) atoms. The van der Waals surface area contributed by atoms with E-state index in [4.69, 9.17) is 0 Å². The first-order valence-electron chi connectivity index (χ1n) is 7.81. The zero-order valence-electron chi connectivity index (χ0n) is 12.3. The predicted molar refractivity (Wildman–Crippen MR) is 87.4 cm³/mol. The van der Waals surface area contributed by atoms with Gasteiger partial charge in [0.05, 0.1) is 0 Å². The summed E-state index contributed by atoms with van der Waals surface area (Å²) in [4.78, 5) is 12.2. The van der Waals surface area contributed by atoms with Crippen molar-refractivity contribution in [1.29, 1.82) is 0 Å². The Bertz CT molecular complexity index is 612. The van der Waals surface area contributed by atoms with Crippen molar-refractivity contribution in [3.63, 3.8) is 0 Å². The van der Waals surface area contributed by atoms with Gasteiger partial charge in [-0.3, -0.25) is 4.79 Å². The lowest BCUT2D eigenvalue weighted by atomic mass is 9.93. The average molecular weight is 282 g/mol. The Balaban J connectivity index is 1.61. The molecule has 0 atom stereocenters. The molecule has 1 aliphatic rings. The Labute approximate surface area is 125 Å². The normalized spacial score (nSPS) is 16.0. The molecule has 3 heteroatoms. The summed E-state index contributed by atoms with van der Waals surface area (Å²) >= 11 is 0. The van der Waals surface area contributed by atoms with Crippen LogP contribution in [0.25, 0.3) is 10.8 Å². The second kappa shape index (κ2) is 6.72. The number of rotatable bonds is 4. The van der Waals surface area contributed by atoms with Crippen molar-refractivity contribution in [2.45, 2.75) is 25.7 Å². The Kier molecular flexibility index (Phi) is 4.51. The smallest absolute Gasteiger partial charge is 0.224 e. The highest BCUT2D eigenvalue weighted by Gasteiger charge is 2.14. The van der Waals surface area contributed by atoms with Crippen LogP contribution in [0.3, 0.4) is 0 Å². The molecular formula is C18H22N2O. The van der Waals surface area contributed by atoms with E-state index in [0.29, 0.717) is 12.3 Å². The van der Waals surface area contributed by atoms with Crippen LogP contribution >= 0.6 is 0 Å². The fraction of sp³-hybridized carbons (Fsp3) is 0.389. The summed E-state index contributed by atoms with van der Waals surface area (Å²) in [7, 11) is 0. The first-order valence-corrected chi connectivity index (χ1v) is 7.81. The van der Waals surface area contributed by atoms with E-state index in [1.54, 1.807) is 0 Å². The van der Waals surface area contributed by atoms with Crippen molar-refractivity contribution in [1.82, 2.24) is 5.32 Å². The van der Waals surface area contributed by atoms with Crippen LogP contribution in [-0.4, -0.2) is 19.0 Å². The lowest BCUT2D eigenvalue weighted by molar-refractivity contribution is -0.116. The molecule has 110 valence electrons. The largest absolute Gasteiger partial charge is 0.326 e. The van der Waals surface area contributed by atoms with Crippen LogP contribution in [0.5, 0.6) is 0 Å². The van der Waals surface area contributed by atoms with E-state index in [2.05, 4.69) is 28.8 Å². The van der Waals surface area contributed by atoms with Gasteiger partial charge in [0.25, 0.3) is 0 Å². The van der Waals surface area contributed by atoms with E-state index in [1.807, 2.05) is 24.3 Å². The minimum absolute atomic E-state index is 0.130. The van der Waals surface area contributed by atoms with Gasteiger partial charge in [-0.2, -0.15) is 0 Å². The molecule has 0 spiro atoms. The number of benzene rings is 2. The van der Waals surface area contributed by atoms with Gasteiger partial charge >= 0.3 is 0 Å². The standard InChI is InChI=1S/C18H22N2O/c21-18(9-8-14-10-12-19-13-11-14)20-17-7-3-5-15-4-1-2-6-16(15)17/h1-7,14,19H,8-13H2,(H,20,21). The molecule has 2 aromatic rings. The summed E-state index contributed by atoms with van der Waals surface area (Å²) < 4.78 is 0. The van der Waals surface area contributed by atoms with Crippen molar-refractivity contribution in [3.05, 3.63) is 42.5 Å². The van der Waals surface area contributed by atoms with Gasteiger partial charge in [0.15, 0.2) is 0 Å². The Hall–Kier alpha value is -1.87. The summed E-state index contributed by atoms with van der Waals surface area (Å²) in [6, 6.07) is 14.2. The number of nitrogens with one attached hydrogen (secondary N) is 2. The van der Waals surface area contributed by atoms with Crippen molar-refractivity contribution >= 4 is 22.4 Å². The fourth-order valence-electron chi connectivity index (χ4n) is 3.05. The van der Waals surface area contributed by atoms with Gasteiger partial charge in [0.2, 0.25) is 5.91 Å². The summed E-state index contributed by atoms with van der Waals surface area (Å²) in [5, 5.41) is 8.70. The second-order valence-corrected chi connectivity index (χ2v) is 5.81. The van der Waals surface area contributed by atoms with Gasteiger partial charge in [0, 0.05) is 17.5 Å². The SMILES string of the molecule is O=C(CCC1CCNCC1)Nc1cccc2ccccc12. The molecule has 0 unspecified atom stereocenters. The number of hydrogen-bond donors (Lipinski definition) is 2. The topological polar surface area (TPSA) is 41.1 Å². The number of hydrogen-bond acceptors (Lipinski definition) is 2. The summed E-state index contributed by atoms with van der Waals surface area (Å²) in [5.41, 5.74) is 0.920. The molecule has 0 radical (unpaired) electrons. The van der Waals surface area contributed by atoms with E-state index >= 15 is 0 Å². The van der Waals surface area contributed by atoms with Gasteiger partial charge in [0.1, 0.15) is 0 Å². The minimum atomic E-state index is 0.130. The first-order chi connectivity index (χ1) is 10.3. The molecule has 1 saturated heterocycles. The van der Waals surface area contributed by atoms with Gasteiger partial charge in [-0.15, -0.1) is 0 Å². The number of piperidine rings is 1. The van der Waals surface area contributed by atoms with E-state index in [9.17, 15) is 4.79 Å². The van der Waals surface area contributed by atoms with Crippen LogP contribution in [0.1, 0.15) is 25.7 Å². The van der Waals surface area contributed by atoms with Crippen LogP contribution < -0.4 is 10.6 Å². The molecule has 1 fully saturated rings. The Morgan fingerprint density at radius 2 is 1.86 bits per heavy atom. The number of amides is 1. The van der Waals surface area contributed by atoms with Crippen molar-refractivity contribution in [3.8, 4) is 0 Å². The molecular weight excluding hydrogens is 260 g/mol.